The summed E-state index contributed by atoms with van der Waals surface area (Å²) in [7, 11) is 0. The van der Waals surface area contributed by atoms with Crippen LogP contribution in [0.3, 0.4) is 0 Å². The van der Waals surface area contributed by atoms with Gasteiger partial charge in [-0.05, 0) is 35.9 Å². The van der Waals surface area contributed by atoms with Crippen LogP contribution in [-0.2, 0) is 6.61 Å². The van der Waals surface area contributed by atoms with Crippen LogP contribution in [0.1, 0.15) is 5.56 Å². The van der Waals surface area contributed by atoms with Crippen LogP contribution in [0.15, 0.2) is 46.9 Å². The van der Waals surface area contributed by atoms with Gasteiger partial charge in [0.05, 0.1) is 5.69 Å². The minimum atomic E-state index is 0.485. The van der Waals surface area contributed by atoms with Crippen molar-refractivity contribution < 1.29 is 4.74 Å². The van der Waals surface area contributed by atoms with Gasteiger partial charge >= 0.3 is 0 Å². The van der Waals surface area contributed by atoms with Gasteiger partial charge in [0.25, 0.3) is 0 Å². The highest BCUT2D eigenvalue weighted by Gasteiger charge is 2.01. The van der Waals surface area contributed by atoms with Gasteiger partial charge in [-0.15, -0.1) is 0 Å². The molecule has 2 N–H and O–H groups in total. The van der Waals surface area contributed by atoms with Gasteiger partial charge in [-0.3, -0.25) is 0 Å². The second-order valence-electron chi connectivity index (χ2n) is 3.60. The zero-order chi connectivity index (χ0) is 12.3. The Balaban J connectivity index is 2.04. The van der Waals surface area contributed by atoms with E-state index in [1.54, 1.807) is 18.2 Å². The molecule has 0 saturated heterocycles. The Morgan fingerprint density at radius 3 is 2.47 bits per heavy atom. The third kappa shape index (κ3) is 3.38. The molecule has 2 nitrogen and oxygen atoms in total. The maximum Gasteiger partial charge on any atom is 0.142 e. The van der Waals surface area contributed by atoms with Crippen LogP contribution in [-0.4, -0.2) is 0 Å². The first-order valence-electron chi connectivity index (χ1n) is 5.07. The van der Waals surface area contributed by atoms with Crippen molar-refractivity contribution in [2.24, 2.45) is 0 Å². The standard InChI is InChI=1S/C13H11BrClNO/c14-10-3-1-9(2-4-10)8-17-13-6-5-11(15)7-12(13)16/h1-7H,8,16H2. The lowest BCUT2D eigenvalue weighted by Crippen LogP contribution is -1.98. The fourth-order valence-electron chi connectivity index (χ4n) is 1.39. The molecule has 0 aliphatic rings. The number of hydrogen-bond acceptors (Lipinski definition) is 2. The number of rotatable bonds is 3. The predicted molar refractivity (Wildman–Crippen MR) is 74.3 cm³/mol. The fraction of sp³-hybridized carbons (Fsp3) is 0.0769. The molecular weight excluding hydrogens is 302 g/mol. The highest BCUT2D eigenvalue weighted by molar-refractivity contribution is 9.10. The molecule has 0 aromatic heterocycles. The van der Waals surface area contributed by atoms with Crippen LogP contribution < -0.4 is 10.5 Å². The van der Waals surface area contributed by atoms with Gasteiger partial charge in [-0.2, -0.15) is 0 Å². The van der Waals surface area contributed by atoms with Crippen molar-refractivity contribution in [2.75, 3.05) is 5.73 Å². The monoisotopic (exact) mass is 311 g/mol. The molecule has 0 bridgehead atoms. The number of nitrogens with two attached hydrogens (primary N) is 1. The van der Waals surface area contributed by atoms with E-state index in [-0.39, 0.29) is 0 Å². The summed E-state index contributed by atoms with van der Waals surface area (Å²) < 4.78 is 6.67. The van der Waals surface area contributed by atoms with Gasteiger partial charge < -0.3 is 10.5 Å². The molecule has 17 heavy (non-hydrogen) atoms. The van der Waals surface area contributed by atoms with Crippen molar-refractivity contribution in [1.29, 1.82) is 0 Å². The summed E-state index contributed by atoms with van der Waals surface area (Å²) in [5.41, 5.74) is 7.43. The molecule has 0 heterocycles. The molecule has 0 aliphatic heterocycles. The summed E-state index contributed by atoms with van der Waals surface area (Å²) >= 11 is 9.20. The van der Waals surface area contributed by atoms with Crippen LogP contribution in [0.4, 0.5) is 5.69 Å². The van der Waals surface area contributed by atoms with Gasteiger partial charge in [0.1, 0.15) is 12.4 Å². The Morgan fingerprint density at radius 2 is 1.82 bits per heavy atom. The minimum absolute atomic E-state index is 0.485. The topological polar surface area (TPSA) is 35.2 Å². The molecule has 0 saturated carbocycles. The van der Waals surface area contributed by atoms with E-state index in [0.717, 1.165) is 10.0 Å². The van der Waals surface area contributed by atoms with Crippen LogP contribution in [0.5, 0.6) is 5.75 Å². The molecule has 0 fully saturated rings. The third-order valence-electron chi connectivity index (χ3n) is 2.28. The summed E-state index contributed by atoms with van der Waals surface area (Å²) in [5, 5.41) is 0.610. The van der Waals surface area contributed by atoms with Crippen LogP contribution in [0.2, 0.25) is 5.02 Å². The van der Waals surface area contributed by atoms with Gasteiger partial charge in [0.2, 0.25) is 0 Å². The number of ether oxygens (including phenoxy) is 1. The van der Waals surface area contributed by atoms with E-state index in [1.165, 1.54) is 0 Å². The predicted octanol–water partition coefficient (Wildman–Crippen LogP) is 4.26. The van der Waals surface area contributed by atoms with Crippen molar-refractivity contribution in [3.8, 4) is 5.75 Å². The Morgan fingerprint density at radius 1 is 1.12 bits per heavy atom. The zero-order valence-electron chi connectivity index (χ0n) is 8.99. The second-order valence-corrected chi connectivity index (χ2v) is 4.95. The molecule has 2 aromatic rings. The van der Waals surface area contributed by atoms with Gasteiger partial charge in [-0.1, -0.05) is 39.7 Å². The fourth-order valence-corrected chi connectivity index (χ4v) is 1.84. The molecule has 2 aromatic carbocycles. The number of hydrogen-bond donors (Lipinski definition) is 1. The molecular formula is C13H11BrClNO. The van der Waals surface area contributed by atoms with Crippen molar-refractivity contribution in [3.05, 3.63) is 57.5 Å². The first kappa shape index (κ1) is 12.3. The SMILES string of the molecule is Nc1cc(Cl)ccc1OCc1ccc(Br)cc1. The van der Waals surface area contributed by atoms with Gasteiger partial charge in [-0.25, -0.2) is 0 Å². The average molecular weight is 313 g/mol. The number of halogens is 2. The molecule has 4 heteroatoms. The quantitative estimate of drug-likeness (QED) is 0.859. The van der Waals surface area contributed by atoms with Crippen LogP contribution in [0.25, 0.3) is 0 Å². The highest BCUT2D eigenvalue weighted by atomic mass is 79.9. The molecule has 0 aliphatic carbocycles. The normalized spacial score (nSPS) is 10.2. The maximum atomic E-state index is 5.81. The Labute approximate surface area is 113 Å². The summed E-state index contributed by atoms with van der Waals surface area (Å²) in [6, 6.07) is 13.2. The summed E-state index contributed by atoms with van der Waals surface area (Å²) in [6.45, 7) is 0.485. The number of benzene rings is 2. The lowest BCUT2D eigenvalue weighted by Gasteiger charge is -2.09. The van der Waals surface area contributed by atoms with E-state index >= 15 is 0 Å². The maximum absolute atomic E-state index is 5.81. The molecule has 2 rings (SSSR count). The van der Waals surface area contributed by atoms with Crippen molar-refractivity contribution in [3.63, 3.8) is 0 Å². The summed E-state index contributed by atoms with van der Waals surface area (Å²) in [5.74, 6) is 0.650. The van der Waals surface area contributed by atoms with E-state index < -0.39 is 0 Å². The lowest BCUT2D eigenvalue weighted by molar-refractivity contribution is 0.308. The molecule has 0 unspecified atom stereocenters. The first-order chi connectivity index (χ1) is 8.15. The third-order valence-corrected chi connectivity index (χ3v) is 3.04. The first-order valence-corrected chi connectivity index (χ1v) is 6.24. The van der Waals surface area contributed by atoms with E-state index in [4.69, 9.17) is 22.1 Å². The second kappa shape index (κ2) is 5.43. The van der Waals surface area contributed by atoms with Gasteiger partial charge in [0, 0.05) is 9.50 Å². The van der Waals surface area contributed by atoms with Gasteiger partial charge in [0.15, 0.2) is 0 Å². The van der Waals surface area contributed by atoms with Crippen molar-refractivity contribution >= 4 is 33.2 Å². The Hall–Kier alpha value is -1.19. The molecule has 0 amide bonds. The van der Waals surface area contributed by atoms with Crippen molar-refractivity contribution in [1.82, 2.24) is 0 Å². The van der Waals surface area contributed by atoms with E-state index in [0.29, 0.717) is 23.1 Å². The number of nitrogen functional groups attached to an aromatic ring is 1. The molecule has 0 atom stereocenters. The van der Waals surface area contributed by atoms with E-state index in [2.05, 4.69) is 15.9 Å². The minimum Gasteiger partial charge on any atom is -0.487 e. The Bertz CT molecular complexity index is 513. The zero-order valence-corrected chi connectivity index (χ0v) is 11.3. The Kier molecular flexibility index (Phi) is 3.92. The molecule has 0 radical (unpaired) electrons. The van der Waals surface area contributed by atoms with E-state index in [1.807, 2.05) is 24.3 Å². The van der Waals surface area contributed by atoms with E-state index in [9.17, 15) is 0 Å². The highest BCUT2D eigenvalue weighted by Crippen LogP contribution is 2.25. The molecule has 0 spiro atoms. The largest absolute Gasteiger partial charge is 0.487 e. The lowest BCUT2D eigenvalue weighted by atomic mass is 10.2. The van der Waals surface area contributed by atoms with Crippen molar-refractivity contribution in [2.45, 2.75) is 6.61 Å². The summed E-state index contributed by atoms with van der Waals surface area (Å²) in [4.78, 5) is 0. The van der Waals surface area contributed by atoms with Crippen LogP contribution >= 0.6 is 27.5 Å². The number of anilines is 1. The molecule has 88 valence electrons. The summed E-state index contributed by atoms with van der Waals surface area (Å²) in [6.07, 6.45) is 0. The average Bonchev–Trinajstić information content (AvgIpc) is 2.30. The smallest absolute Gasteiger partial charge is 0.142 e. The van der Waals surface area contributed by atoms with Crippen LogP contribution in [0, 0.1) is 0 Å².